The molecule has 9 nitrogen and oxygen atoms in total. The molecule has 0 aliphatic rings. The highest BCUT2D eigenvalue weighted by molar-refractivity contribution is 14.1. The van der Waals surface area contributed by atoms with Crippen molar-refractivity contribution in [2.45, 2.75) is 0 Å². The van der Waals surface area contributed by atoms with Crippen LogP contribution in [0.4, 0.5) is 17.1 Å². The Kier molecular flexibility index (Phi) is 6.94. The molecular formula is C20H12IN9. The molecule has 0 spiro atoms. The van der Waals surface area contributed by atoms with E-state index in [0.29, 0.717) is 17.1 Å². The maximum absolute atomic E-state index is 8.43. The summed E-state index contributed by atoms with van der Waals surface area (Å²) in [6.07, 6.45) is 0. The highest BCUT2D eigenvalue weighted by atomic mass is 127. The topological polar surface area (TPSA) is 146 Å². The molecule has 0 aromatic heterocycles. The lowest BCUT2D eigenvalue weighted by Crippen LogP contribution is -1.76. The second-order valence-corrected chi connectivity index (χ2v) is 6.99. The summed E-state index contributed by atoms with van der Waals surface area (Å²) >= 11 is 2.27. The molecule has 0 saturated heterocycles. The number of halogens is 1. The predicted molar refractivity (Wildman–Crippen MR) is 127 cm³/mol. The van der Waals surface area contributed by atoms with Gasteiger partial charge in [-0.15, -0.1) is 0 Å². The van der Waals surface area contributed by atoms with Gasteiger partial charge in [0.2, 0.25) is 0 Å². The molecule has 0 amide bonds. The summed E-state index contributed by atoms with van der Waals surface area (Å²) in [7, 11) is 0. The van der Waals surface area contributed by atoms with Crippen molar-refractivity contribution in [3.63, 3.8) is 0 Å². The van der Waals surface area contributed by atoms with Gasteiger partial charge in [0.15, 0.2) is 0 Å². The van der Waals surface area contributed by atoms with Crippen molar-refractivity contribution in [3.05, 3.63) is 108 Å². The number of hydrogen-bond donors (Lipinski definition) is 0. The molecule has 0 radical (unpaired) electrons. The quantitative estimate of drug-likeness (QED) is 0.113. The summed E-state index contributed by atoms with van der Waals surface area (Å²) in [4.78, 5) is 8.31. The highest BCUT2D eigenvalue weighted by Crippen LogP contribution is 2.32. The lowest BCUT2D eigenvalue weighted by atomic mass is 10.1. The van der Waals surface area contributed by atoms with Crippen molar-refractivity contribution in [1.29, 1.82) is 0 Å². The molecule has 144 valence electrons. The molecule has 0 fully saturated rings. The first-order valence-electron chi connectivity index (χ1n) is 8.54. The smallest absolute Gasteiger partial charge is 0.0454 e. The molecule has 0 N–H and O–H groups in total. The van der Waals surface area contributed by atoms with Gasteiger partial charge in [-0.3, -0.25) is 0 Å². The molecule has 0 unspecified atom stereocenters. The van der Waals surface area contributed by atoms with Gasteiger partial charge in [-0.25, -0.2) is 0 Å². The van der Waals surface area contributed by atoms with Crippen LogP contribution in [0.2, 0.25) is 0 Å². The molecular weight excluding hydrogens is 493 g/mol. The minimum absolute atomic E-state index is 0.523. The molecule has 10 heteroatoms. The summed E-state index contributed by atoms with van der Waals surface area (Å²) < 4.78 is 1.16. The Morgan fingerprint density at radius 3 is 1.23 bits per heavy atom. The van der Waals surface area contributed by atoms with Gasteiger partial charge in [-0.2, -0.15) is 0 Å². The Balaban J connectivity index is 0.000000172. The fourth-order valence-electron chi connectivity index (χ4n) is 2.94. The Bertz CT molecular complexity index is 1320. The lowest BCUT2D eigenvalue weighted by molar-refractivity contribution is 1.48. The van der Waals surface area contributed by atoms with E-state index in [1.165, 1.54) is 0 Å². The van der Waals surface area contributed by atoms with Gasteiger partial charge in [0.25, 0.3) is 0 Å². The number of rotatable bonds is 3. The normalized spacial score (nSPS) is 9.50. The monoisotopic (exact) mass is 505 g/mol. The van der Waals surface area contributed by atoms with Crippen LogP contribution in [0.3, 0.4) is 0 Å². The Morgan fingerprint density at radius 1 is 0.500 bits per heavy atom. The van der Waals surface area contributed by atoms with Gasteiger partial charge in [-0.1, -0.05) is 82.1 Å². The van der Waals surface area contributed by atoms with E-state index in [2.05, 4.69) is 52.7 Å². The average Bonchev–Trinajstić information content (AvgIpc) is 2.76. The van der Waals surface area contributed by atoms with E-state index < -0.39 is 0 Å². The van der Waals surface area contributed by atoms with E-state index in [-0.39, 0.29) is 0 Å². The molecule has 0 aliphatic carbocycles. The third kappa shape index (κ3) is 4.54. The van der Waals surface area contributed by atoms with Crippen LogP contribution in [0.25, 0.3) is 52.9 Å². The molecule has 0 atom stereocenters. The molecule has 4 rings (SSSR count). The molecule has 0 saturated carbocycles. The van der Waals surface area contributed by atoms with E-state index in [4.69, 9.17) is 16.6 Å². The fraction of sp³-hybridized carbons (Fsp3) is 0. The molecule has 0 aliphatic heterocycles. The second-order valence-electron chi connectivity index (χ2n) is 5.83. The van der Waals surface area contributed by atoms with Gasteiger partial charge < -0.3 is 0 Å². The SMILES string of the molecule is [N-]=[N+]=Nc1cccc2c(I)cccc12.[N-]=[N+]=Nc1cccc2c(N=[N+]=[N-])cccc12. The highest BCUT2D eigenvalue weighted by Gasteiger charge is 2.02. The summed E-state index contributed by atoms with van der Waals surface area (Å²) in [5.41, 5.74) is 27.0. The van der Waals surface area contributed by atoms with Crippen molar-refractivity contribution in [3.8, 4) is 0 Å². The Morgan fingerprint density at radius 2 is 0.833 bits per heavy atom. The number of azide groups is 3. The summed E-state index contributed by atoms with van der Waals surface area (Å²) in [5, 5.41) is 14.5. The van der Waals surface area contributed by atoms with Crippen molar-refractivity contribution in [2.24, 2.45) is 15.3 Å². The van der Waals surface area contributed by atoms with Crippen LogP contribution >= 0.6 is 22.6 Å². The zero-order valence-electron chi connectivity index (χ0n) is 15.3. The average molecular weight is 505 g/mol. The molecule has 30 heavy (non-hydrogen) atoms. The van der Waals surface area contributed by atoms with E-state index in [9.17, 15) is 0 Å². The van der Waals surface area contributed by atoms with Gasteiger partial charge in [0.1, 0.15) is 0 Å². The lowest BCUT2D eigenvalue weighted by Gasteiger charge is -2.03. The first-order valence-corrected chi connectivity index (χ1v) is 9.61. The van der Waals surface area contributed by atoms with Crippen molar-refractivity contribution in [2.75, 3.05) is 0 Å². The number of benzene rings is 4. The number of hydrogen-bond acceptors (Lipinski definition) is 3. The number of nitrogens with zero attached hydrogens (tertiary/aromatic N) is 9. The van der Waals surface area contributed by atoms with Gasteiger partial charge in [0, 0.05) is 35.4 Å². The standard InChI is InChI=1S/C10H6IN3.C10H6N6/c11-9-5-1-4-8-7(9)3-2-6-10(8)13-14-12;11-15-13-9-5-1-3-7-8(9)4-2-6-10(7)14-16-12/h1-6H;1-6H. The predicted octanol–water partition coefficient (Wildman–Crippen LogP) is 9.11. The first kappa shape index (κ1) is 20.8. The minimum atomic E-state index is 0.523. The van der Waals surface area contributed by atoms with Crippen molar-refractivity contribution in [1.82, 2.24) is 0 Å². The van der Waals surface area contributed by atoms with Crippen LogP contribution in [0.1, 0.15) is 0 Å². The first-order chi connectivity index (χ1) is 14.7. The van der Waals surface area contributed by atoms with Gasteiger partial charge in [0.05, 0.1) is 0 Å². The summed E-state index contributed by atoms with van der Waals surface area (Å²) in [6, 6.07) is 22.2. The van der Waals surface area contributed by atoms with Crippen LogP contribution in [0, 0.1) is 3.57 Å². The summed E-state index contributed by atoms with van der Waals surface area (Å²) in [5.74, 6) is 0. The van der Waals surface area contributed by atoms with Crippen molar-refractivity contribution >= 4 is 61.2 Å². The maximum atomic E-state index is 8.43. The zero-order chi connectivity index (χ0) is 21.3. The van der Waals surface area contributed by atoms with Crippen LogP contribution in [0.15, 0.2) is 88.1 Å². The molecule has 0 bridgehead atoms. The van der Waals surface area contributed by atoms with Crippen LogP contribution in [-0.2, 0) is 0 Å². The summed E-state index contributed by atoms with van der Waals surface area (Å²) in [6.45, 7) is 0. The third-order valence-electron chi connectivity index (χ3n) is 4.18. The zero-order valence-corrected chi connectivity index (χ0v) is 17.5. The van der Waals surface area contributed by atoms with E-state index >= 15 is 0 Å². The van der Waals surface area contributed by atoms with Crippen LogP contribution in [0.5, 0.6) is 0 Å². The Hall–Kier alpha value is -3.94. The van der Waals surface area contributed by atoms with E-state index in [1.54, 1.807) is 24.3 Å². The second kappa shape index (κ2) is 10.0. The fourth-order valence-corrected chi connectivity index (χ4v) is 3.62. The number of fused-ring (bicyclic) bond motifs is 2. The van der Waals surface area contributed by atoms with E-state index in [0.717, 1.165) is 25.1 Å². The maximum Gasteiger partial charge on any atom is 0.0454 e. The van der Waals surface area contributed by atoms with Gasteiger partial charge in [-0.05, 0) is 66.8 Å². The largest absolute Gasteiger partial charge is 0.0612 e. The van der Waals surface area contributed by atoms with E-state index in [1.807, 2.05) is 48.5 Å². The van der Waals surface area contributed by atoms with Crippen LogP contribution < -0.4 is 0 Å². The molecule has 0 heterocycles. The molecule has 4 aromatic rings. The Labute approximate surface area is 184 Å². The minimum Gasteiger partial charge on any atom is -0.0612 e. The molecule has 4 aromatic carbocycles. The third-order valence-corrected chi connectivity index (χ3v) is 5.12. The van der Waals surface area contributed by atoms with Gasteiger partial charge >= 0.3 is 0 Å². The van der Waals surface area contributed by atoms with Crippen LogP contribution in [-0.4, -0.2) is 0 Å². The van der Waals surface area contributed by atoms with Crippen molar-refractivity contribution < 1.29 is 0 Å².